The fourth-order valence-electron chi connectivity index (χ4n) is 2.61. The van der Waals surface area contributed by atoms with Gasteiger partial charge < -0.3 is 24.1 Å². The normalized spacial score (nSPS) is 11.5. The van der Waals surface area contributed by atoms with Crippen molar-refractivity contribution in [1.82, 2.24) is 0 Å². The molecule has 0 amide bonds. The van der Waals surface area contributed by atoms with Gasteiger partial charge in [0.05, 0.1) is 12.0 Å². The molecule has 2 N–H and O–H groups in total. The first-order chi connectivity index (χ1) is 13.4. The molecule has 28 heavy (non-hydrogen) atoms. The molecular weight excluding hydrogens is 360 g/mol. The van der Waals surface area contributed by atoms with Gasteiger partial charge in [-0.3, -0.25) is 0 Å². The molecule has 1 aromatic heterocycles. The van der Waals surface area contributed by atoms with Crippen LogP contribution in [0.1, 0.15) is 40.0 Å². The lowest BCUT2D eigenvalue weighted by atomic mass is 10.1. The molecule has 1 aromatic carbocycles. The zero-order valence-corrected chi connectivity index (χ0v) is 16.7. The monoisotopic (exact) mass is 388 g/mol. The van der Waals surface area contributed by atoms with Gasteiger partial charge in [0.1, 0.15) is 6.61 Å². The molecule has 0 fully saturated rings. The summed E-state index contributed by atoms with van der Waals surface area (Å²) in [4.78, 5) is 12.3. The molecule has 0 radical (unpaired) electrons. The van der Waals surface area contributed by atoms with Crippen LogP contribution in [0.25, 0.3) is 11.0 Å². The van der Waals surface area contributed by atoms with Crippen molar-refractivity contribution < 1.29 is 24.1 Å². The van der Waals surface area contributed by atoms with Crippen LogP contribution in [0.4, 0.5) is 0 Å². The van der Waals surface area contributed by atoms with Crippen LogP contribution in [0.3, 0.4) is 0 Å². The number of rotatable bonds is 10. The zero-order chi connectivity index (χ0) is 20.5. The molecule has 0 aliphatic rings. The minimum atomic E-state index is -0.765. The van der Waals surface area contributed by atoms with Crippen molar-refractivity contribution in [3.63, 3.8) is 0 Å². The average molecular weight is 388 g/mol. The summed E-state index contributed by atoms with van der Waals surface area (Å²) < 4.78 is 16.3. The molecule has 0 atom stereocenters. The third-order valence-corrected chi connectivity index (χ3v) is 4.14. The summed E-state index contributed by atoms with van der Waals surface area (Å²) in [6.07, 6.45) is 6.36. The van der Waals surface area contributed by atoms with E-state index in [0.717, 1.165) is 18.4 Å². The number of para-hydroxylation sites is 1. The lowest BCUT2D eigenvalue weighted by Gasteiger charge is -2.11. The number of benzene rings is 1. The molecule has 0 unspecified atom stereocenters. The highest BCUT2D eigenvalue weighted by Crippen LogP contribution is 2.35. The van der Waals surface area contributed by atoms with Crippen LogP contribution in [0, 0.1) is 0 Å². The second-order valence-electron chi connectivity index (χ2n) is 6.81. The number of aromatic hydroxyl groups is 1. The van der Waals surface area contributed by atoms with E-state index in [1.54, 1.807) is 18.2 Å². The van der Waals surface area contributed by atoms with Gasteiger partial charge in [0, 0.05) is 13.0 Å². The maximum absolute atomic E-state index is 12.3. The molecule has 0 bridgehead atoms. The smallest absolute Gasteiger partial charge is 0.383 e. The standard InChI is InChI=1S/C22H28O6/c1-15(2)7-4-8-16(3)11-14-27-21-19(24)17-9-5-10-18(26-13-6-12-23)20(17)28-22(21)25/h5,7,9-11,23-24H,4,6,8,12-14H2,1-3H3/b16-11+. The first-order valence-electron chi connectivity index (χ1n) is 9.38. The van der Waals surface area contributed by atoms with Crippen LogP contribution in [0.5, 0.6) is 17.2 Å². The Labute approximate surface area is 164 Å². The summed E-state index contributed by atoms with van der Waals surface area (Å²) in [7, 11) is 0. The fraction of sp³-hybridized carbons (Fsp3) is 0.409. The Morgan fingerprint density at radius 2 is 1.96 bits per heavy atom. The van der Waals surface area contributed by atoms with E-state index in [2.05, 4.69) is 19.9 Å². The van der Waals surface area contributed by atoms with Gasteiger partial charge in [-0.15, -0.1) is 0 Å². The summed E-state index contributed by atoms with van der Waals surface area (Å²) in [5, 5.41) is 19.7. The summed E-state index contributed by atoms with van der Waals surface area (Å²) in [5.74, 6) is -0.150. The number of aliphatic hydroxyl groups is 1. The van der Waals surface area contributed by atoms with Crippen molar-refractivity contribution >= 4 is 11.0 Å². The molecular formula is C22H28O6. The molecule has 2 aromatic rings. The number of fused-ring (bicyclic) bond motifs is 1. The average Bonchev–Trinajstić information content (AvgIpc) is 2.65. The van der Waals surface area contributed by atoms with Gasteiger partial charge in [0.15, 0.2) is 17.1 Å². The van der Waals surface area contributed by atoms with Crippen molar-refractivity contribution in [2.45, 2.75) is 40.0 Å². The van der Waals surface area contributed by atoms with E-state index in [4.69, 9.17) is 19.0 Å². The van der Waals surface area contributed by atoms with Crippen LogP contribution in [0.2, 0.25) is 0 Å². The summed E-state index contributed by atoms with van der Waals surface area (Å²) in [5.41, 5.74) is 1.81. The molecule has 1 heterocycles. The molecule has 6 nitrogen and oxygen atoms in total. The molecule has 0 spiro atoms. The van der Waals surface area contributed by atoms with E-state index < -0.39 is 5.63 Å². The van der Waals surface area contributed by atoms with Gasteiger partial charge in [-0.2, -0.15) is 0 Å². The highest BCUT2D eigenvalue weighted by molar-refractivity contribution is 5.89. The van der Waals surface area contributed by atoms with Crippen LogP contribution in [0.15, 0.2) is 50.7 Å². The summed E-state index contributed by atoms with van der Waals surface area (Å²) >= 11 is 0. The van der Waals surface area contributed by atoms with Gasteiger partial charge in [0.2, 0.25) is 5.75 Å². The third-order valence-electron chi connectivity index (χ3n) is 4.14. The van der Waals surface area contributed by atoms with Gasteiger partial charge in [-0.05, 0) is 51.8 Å². The number of allylic oxidation sites excluding steroid dienone is 3. The molecule has 0 aliphatic heterocycles. The van der Waals surface area contributed by atoms with Crippen LogP contribution >= 0.6 is 0 Å². The molecule has 2 rings (SSSR count). The van der Waals surface area contributed by atoms with Crippen molar-refractivity contribution in [3.05, 3.63) is 51.9 Å². The molecule has 0 saturated heterocycles. The maximum Gasteiger partial charge on any atom is 0.383 e. The largest absolute Gasteiger partial charge is 0.504 e. The molecule has 0 saturated carbocycles. The Bertz CT molecular complexity index is 903. The lowest BCUT2D eigenvalue weighted by molar-refractivity contribution is 0.233. The Balaban J connectivity index is 2.15. The van der Waals surface area contributed by atoms with Crippen molar-refractivity contribution in [2.24, 2.45) is 0 Å². The number of ether oxygens (including phenoxy) is 2. The first kappa shape index (κ1) is 21.6. The zero-order valence-electron chi connectivity index (χ0n) is 16.7. The second-order valence-corrected chi connectivity index (χ2v) is 6.81. The van der Waals surface area contributed by atoms with Gasteiger partial charge in [-0.1, -0.05) is 23.3 Å². The number of aliphatic hydroxyl groups excluding tert-OH is 1. The molecule has 0 aliphatic carbocycles. The quantitative estimate of drug-likeness (QED) is 0.358. The van der Waals surface area contributed by atoms with E-state index in [9.17, 15) is 9.90 Å². The third kappa shape index (κ3) is 5.89. The van der Waals surface area contributed by atoms with Crippen molar-refractivity contribution in [2.75, 3.05) is 19.8 Å². The van der Waals surface area contributed by atoms with E-state index >= 15 is 0 Å². The van der Waals surface area contributed by atoms with Crippen molar-refractivity contribution in [3.8, 4) is 17.2 Å². The van der Waals surface area contributed by atoms with E-state index in [1.807, 2.05) is 13.0 Å². The van der Waals surface area contributed by atoms with E-state index in [1.165, 1.54) is 5.57 Å². The minimum Gasteiger partial charge on any atom is -0.504 e. The summed E-state index contributed by atoms with van der Waals surface area (Å²) in [6, 6.07) is 4.95. The van der Waals surface area contributed by atoms with Crippen LogP contribution in [-0.2, 0) is 0 Å². The maximum atomic E-state index is 12.3. The molecule has 6 heteroatoms. The topological polar surface area (TPSA) is 89.1 Å². The Kier molecular flexibility index (Phi) is 8.14. The highest BCUT2D eigenvalue weighted by atomic mass is 16.5. The SMILES string of the molecule is CC(C)=CCC/C(C)=C/COc1c(O)c2cccc(OCCCO)c2oc1=O. The lowest BCUT2D eigenvalue weighted by Crippen LogP contribution is -2.08. The van der Waals surface area contributed by atoms with E-state index in [-0.39, 0.29) is 36.9 Å². The Hall–Kier alpha value is -2.73. The first-order valence-corrected chi connectivity index (χ1v) is 9.38. The van der Waals surface area contributed by atoms with Crippen LogP contribution in [-0.4, -0.2) is 30.0 Å². The van der Waals surface area contributed by atoms with E-state index in [0.29, 0.717) is 17.6 Å². The molecule has 152 valence electrons. The van der Waals surface area contributed by atoms with Gasteiger partial charge in [-0.25, -0.2) is 4.79 Å². The predicted octanol–water partition coefficient (Wildman–Crippen LogP) is 4.33. The Morgan fingerprint density at radius 3 is 2.68 bits per heavy atom. The fourth-order valence-corrected chi connectivity index (χ4v) is 2.61. The van der Waals surface area contributed by atoms with Gasteiger partial charge in [0.25, 0.3) is 0 Å². The highest BCUT2D eigenvalue weighted by Gasteiger charge is 2.17. The number of hydrogen-bond donors (Lipinski definition) is 2. The van der Waals surface area contributed by atoms with Gasteiger partial charge >= 0.3 is 5.63 Å². The van der Waals surface area contributed by atoms with Crippen LogP contribution < -0.4 is 15.1 Å². The Morgan fingerprint density at radius 1 is 1.18 bits per heavy atom. The number of hydrogen-bond acceptors (Lipinski definition) is 6. The summed E-state index contributed by atoms with van der Waals surface area (Å²) in [6.45, 7) is 6.56. The predicted molar refractivity (Wildman–Crippen MR) is 109 cm³/mol. The minimum absolute atomic E-state index is 0.000768. The second kappa shape index (κ2) is 10.6. The van der Waals surface area contributed by atoms with Crippen molar-refractivity contribution in [1.29, 1.82) is 0 Å².